The normalized spacial score (nSPS) is 16.2. The van der Waals surface area contributed by atoms with Crippen LogP contribution in [0.4, 0.5) is 0 Å². The topological polar surface area (TPSA) is 51.2 Å². The van der Waals surface area contributed by atoms with Gasteiger partial charge in [-0.2, -0.15) is 0 Å². The van der Waals surface area contributed by atoms with E-state index in [-0.39, 0.29) is 5.78 Å². The van der Waals surface area contributed by atoms with Crippen LogP contribution >= 0.6 is 0 Å². The Balaban J connectivity index is 1.06. The highest BCUT2D eigenvalue weighted by molar-refractivity contribution is 7.86. The average Bonchev–Trinajstić information content (AvgIpc) is 3.27. The quantitative estimate of drug-likeness (QED) is 0.0748. The third-order valence-electron chi connectivity index (χ3n) is 11.5. The lowest BCUT2D eigenvalue weighted by atomic mass is 9.89. The molecule has 0 fully saturated rings. The zero-order valence-electron chi connectivity index (χ0n) is 30.4. The van der Waals surface area contributed by atoms with E-state index in [9.17, 15) is 13.2 Å². The van der Waals surface area contributed by atoms with Gasteiger partial charge in [0.2, 0.25) is 0 Å². The summed E-state index contributed by atoms with van der Waals surface area (Å²) in [6, 6.07) is 61.4. The molecule has 7 aromatic rings. The monoisotopic (exact) mass is 775 g/mol. The minimum atomic E-state index is -2.84. The molecule has 0 bridgehead atoms. The maximum Gasteiger partial charge on any atom is 0.189 e. The molecular formula is C50H35O3S2Si-. The van der Waals surface area contributed by atoms with E-state index in [2.05, 4.69) is 133 Å². The third kappa shape index (κ3) is 5.59. The molecule has 2 heterocycles. The summed E-state index contributed by atoms with van der Waals surface area (Å²) in [4.78, 5) is 16.4. The number of Topliss-reactive ketones (excluding diaryl/α,β-unsaturated/α-hetero) is 1. The van der Waals surface area contributed by atoms with Crippen molar-refractivity contribution in [1.82, 2.24) is 0 Å². The Hall–Kier alpha value is -5.92. The summed E-state index contributed by atoms with van der Waals surface area (Å²) in [5.41, 5.74) is 7.57. The lowest BCUT2D eigenvalue weighted by molar-refractivity contribution is 0.103. The molecule has 1 atom stereocenters. The summed E-state index contributed by atoms with van der Waals surface area (Å²) in [5, 5.41) is 5.07. The van der Waals surface area contributed by atoms with Crippen molar-refractivity contribution in [3.8, 4) is 11.1 Å². The number of hydrogen-bond donors (Lipinski definition) is 0. The molecule has 7 aromatic carbocycles. The van der Waals surface area contributed by atoms with E-state index in [4.69, 9.17) is 0 Å². The van der Waals surface area contributed by atoms with Crippen molar-refractivity contribution in [2.45, 2.75) is 27.5 Å². The Morgan fingerprint density at radius 1 is 0.500 bits per heavy atom. The number of allylic oxidation sites excluding steroid dienone is 4. The molecule has 0 radical (unpaired) electrons. The lowest BCUT2D eigenvalue weighted by Gasteiger charge is -2.35. The molecule has 0 spiro atoms. The number of fused-ring (bicyclic) bond motifs is 4. The molecule has 10 rings (SSSR count). The number of carbonyl (C=O) groups is 1. The molecule has 0 saturated carbocycles. The van der Waals surface area contributed by atoms with Crippen molar-refractivity contribution < 1.29 is 13.2 Å². The molecule has 56 heavy (non-hydrogen) atoms. The van der Waals surface area contributed by atoms with E-state index in [1.807, 2.05) is 42.5 Å². The van der Waals surface area contributed by atoms with Gasteiger partial charge in [0.25, 0.3) is 0 Å². The molecule has 0 amide bonds. The summed E-state index contributed by atoms with van der Waals surface area (Å²) in [6.07, 6.45) is 5.12. The summed E-state index contributed by atoms with van der Waals surface area (Å²) in [6.45, 7) is 0. The van der Waals surface area contributed by atoms with Crippen LogP contribution in [-0.2, 0) is 31.8 Å². The number of carbonyl (C=O) groups excluding carboxylic acids is 1. The van der Waals surface area contributed by atoms with E-state index in [1.165, 1.54) is 20.7 Å². The van der Waals surface area contributed by atoms with Crippen LogP contribution in [-0.4, -0.2) is 22.9 Å². The van der Waals surface area contributed by atoms with Crippen LogP contribution in [0.1, 0.15) is 33.5 Å². The second kappa shape index (κ2) is 14.0. The van der Waals surface area contributed by atoms with Gasteiger partial charge in [0, 0.05) is 20.9 Å². The van der Waals surface area contributed by atoms with Gasteiger partial charge in [0.15, 0.2) is 13.9 Å². The summed E-state index contributed by atoms with van der Waals surface area (Å²) < 4.78 is 27.4. The van der Waals surface area contributed by atoms with Crippen molar-refractivity contribution >= 4 is 66.2 Å². The van der Waals surface area contributed by atoms with E-state index < -0.39 is 29.3 Å². The molecule has 3 nitrogen and oxygen atoms in total. The molecule has 0 saturated heterocycles. The average molecular weight is 776 g/mol. The van der Waals surface area contributed by atoms with Crippen molar-refractivity contribution in [2.75, 3.05) is 0 Å². The number of benzene rings is 7. The third-order valence-corrected chi connectivity index (χ3v) is 19.4. The first-order valence-electron chi connectivity index (χ1n) is 18.8. The zero-order chi connectivity index (χ0) is 37.8. The van der Waals surface area contributed by atoms with Gasteiger partial charge in [-0.25, -0.2) is 14.6 Å². The minimum Gasteiger partial charge on any atom is -0.457 e. The number of hydrogen-bond acceptors (Lipinski definition) is 4. The Morgan fingerprint density at radius 3 is 1.75 bits per heavy atom. The highest BCUT2D eigenvalue weighted by Gasteiger charge is 2.41. The predicted molar refractivity (Wildman–Crippen MR) is 232 cm³/mol. The molecule has 0 N–H and O–H groups in total. The first kappa shape index (κ1) is 34.6. The van der Waals surface area contributed by atoms with Gasteiger partial charge in [-0.15, -0.1) is 9.76 Å². The summed E-state index contributed by atoms with van der Waals surface area (Å²) in [5.74, 6) is -0.0549. The fourth-order valence-corrected chi connectivity index (χ4v) is 16.3. The van der Waals surface area contributed by atoms with Crippen LogP contribution in [0.25, 0.3) is 16.7 Å². The first-order valence-corrected chi connectivity index (χ1v) is 23.1. The van der Waals surface area contributed by atoms with Gasteiger partial charge in [0.05, 0.1) is 10.8 Å². The molecule has 3 aliphatic rings. The van der Waals surface area contributed by atoms with Gasteiger partial charge in [-0.1, -0.05) is 176 Å². The molecule has 6 heteroatoms. The smallest absolute Gasteiger partial charge is 0.189 e. The Bertz CT molecular complexity index is 2850. The highest BCUT2D eigenvalue weighted by Crippen LogP contribution is 2.35. The van der Waals surface area contributed by atoms with Crippen LogP contribution in [0.15, 0.2) is 208 Å². The fraction of sp³-hybridized carbons (Fsp3) is 0.0400. The van der Waals surface area contributed by atoms with E-state index in [0.717, 1.165) is 49.6 Å². The fourth-order valence-electron chi connectivity index (χ4n) is 8.69. The molecule has 270 valence electrons. The second-order valence-electron chi connectivity index (χ2n) is 14.5. The Morgan fingerprint density at radius 2 is 1.05 bits per heavy atom. The standard InChI is InChI=1S/C50H35O3S2Si/c51-50-44-16-8-10-18-47(44)55(53)49-33-37(25-30-45(49)50)35-23-28-43(29-24-35)56(40-12-3-1-4-13-40,41-14-5-2-6-15-41)42-26-21-34(22-27-42)36-19-20-39-31-38-11-7-9-17-46(38)54(52)48(39)32-36/h1-30,32H,31,33H2/q-1. The van der Waals surface area contributed by atoms with E-state index >= 15 is 0 Å². The van der Waals surface area contributed by atoms with Crippen LogP contribution in [0.2, 0.25) is 0 Å². The number of rotatable bonds is 6. The van der Waals surface area contributed by atoms with Crippen LogP contribution < -0.4 is 20.7 Å². The van der Waals surface area contributed by atoms with E-state index in [0.29, 0.717) is 27.3 Å². The predicted octanol–water partition coefficient (Wildman–Crippen LogP) is 7.91. The van der Waals surface area contributed by atoms with Gasteiger partial charge in [-0.3, -0.25) is 4.79 Å². The Labute approximate surface area is 332 Å². The van der Waals surface area contributed by atoms with Gasteiger partial charge in [-0.05, 0) is 79.1 Å². The molecule has 1 unspecified atom stereocenters. The van der Waals surface area contributed by atoms with Crippen molar-refractivity contribution in [3.63, 3.8) is 0 Å². The van der Waals surface area contributed by atoms with Crippen molar-refractivity contribution in [3.05, 3.63) is 216 Å². The van der Waals surface area contributed by atoms with Crippen molar-refractivity contribution in [1.29, 1.82) is 0 Å². The lowest BCUT2D eigenvalue weighted by Crippen LogP contribution is -2.74. The highest BCUT2D eigenvalue weighted by atomic mass is 32.2. The van der Waals surface area contributed by atoms with Gasteiger partial charge < -0.3 is 4.21 Å². The van der Waals surface area contributed by atoms with Crippen molar-refractivity contribution in [2.24, 2.45) is 0 Å². The van der Waals surface area contributed by atoms with Gasteiger partial charge in [0.1, 0.15) is 0 Å². The summed E-state index contributed by atoms with van der Waals surface area (Å²) in [7, 11) is -5.44. The summed E-state index contributed by atoms with van der Waals surface area (Å²) >= 11 is 0. The molecular weight excluding hydrogens is 741 g/mol. The van der Waals surface area contributed by atoms with Gasteiger partial charge >= 0.3 is 0 Å². The number of ketones is 1. The SMILES string of the molecule is O=C1C2=CC=C(c3ccc([Si](c4ccccc4)(c4ccccc4)c4ccc(-c5ccc6c(c5)S(=O)c5ccccc5C6)cc4)cc3)CC2=[S-](=O)c2ccccc21. The maximum absolute atomic E-state index is 13.7. The van der Waals surface area contributed by atoms with Crippen LogP contribution in [0.3, 0.4) is 0 Å². The Kier molecular flexibility index (Phi) is 8.63. The molecule has 2 aliphatic heterocycles. The maximum atomic E-state index is 13.7. The zero-order valence-corrected chi connectivity index (χ0v) is 33.0. The second-order valence-corrected chi connectivity index (χ2v) is 21.2. The van der Waals surface area contributed by atoms with E-state index in [1.54, 1.807) is 12.1 Å². The molecule has 1 aliphatic carbocycles. The van der Waals surface area contributed by atoms with Crippen LogP contribution in [0, 0.1) is 0 Å². The van der Waals surface area contributed by atoms with Crippen LogP contribution in [0.5, 0.6) is 0 Å². The molecule has 0 aromatic heterocycles. The minimum absolute atomic E-state index is 0.0549. The largest absolute Gasteiger partial charge is 0.457 e. The first-order chi connectivity index (χ1) is 27.5.